The van der Waals surface area contributed by atoms with Crippen LogP contribution in [0.1, 0.15) is 22.8 Å². The van der Waals surface area contributed by atoms with E-state index in [-0.39, 0.29) is 11.3 Å². The highest BCUT2D eigenvalue weighted by atomic mass is 32.2. The summed E-state index contributed by atoms with van der Waals surface area (Å²) >= 11 is -0.430. The van der Waals surface area contributed by atoms with Gasteiger partial charge >= 0.3 is 11.4 Å². The summed E-state index contributed by atoms with van der Waals surface area (Å²) in [6.07, 6.45) is -7.37. The largest absolute Gasteiger partial charge is 0.457 e. The molecule has 0 aromatic heterocycles. The Labute approximate surface area is 151 Å². The summed E-state index contributed by atoms with van der Waals surface area (Å²) in [5.41, 5.74) is -2.24. The molecule has 1 heterocycles. The number of fused-ring (bicyclic) bond motifs is 1. The average Bonchev–Trinajstić information content (AvgIpc) is 2.83. The van der Waals surface area contributed by atoms with E-state index in [4.69, 9.17) is 15.3 Å². The van der Waals surface area contributed by atoms with Crippen molar-refractivity contribution in [1.82, 2.24) is 0 Å². The molecule has 0 fully saturated rings. The zero-order chi connectivity index (χ0) is 20.0. The van der Waals surface area contributed by atoms with Gasteiger partial charge < -0.3 is 4.74 Å². The fraction of sp³-hybridized carbons (Fsp3) is 0.188. The third kappa shape index (κ3) is 3.55. The molecule has 0 saturated heterocycles. The molecule has 0 bridgehead atoms. The minimum Gasteiger partial charge on any atom is -0.457 e. The number of hydrogen-bond acceptors (Lipinski definition) is 5. The van der Waals surface area contributed by atoms with Gasteiger partial charge in [-0.3, -0.25) is 5.26 Å². The van der Waals surface area contributed by atoms with Crippen LogP contribution in [0.25, 0.3) is 0 Å². The van der Waals surface area contributed by atoms with Crippen LogP contribution in [0.4, 0.5) is 26.3 Å². The molecular formula is C16H7F6NO3S. The summed E-state index contributed by atoms with van der Waals surface area (Å²) < 4.78 is 86.2. The summed E-state index contributed by atoms with van der Waals surface area (Å²) in [7, 11) is 0. The van der Waals surface area contributed by atoms with Crippen molar-refractivity contribution in [2.45, 2.75) is 22.4 Å². The Morgan fingerprint density at radius 3 is 2.48 bits per heavy atom. The molecule has 4 nitrogen and oxygen atoms in total. The van der Waals surface area contributed by atoms with E-state index in [2.05, 4.69) is 4.89 Å². The SMILES string of the molecule is N#Cc1cc(F)cc(Oc2ccc(C(F)(F)F)c3c2C(OO)C(F)(F)S3)c1. The van der Waals surface area contributed by atoms with Crippen LogP contribution in [0.2, 0.25) is 0 Å². The molecule has 0 aliphatic carbocycles. The number of ether oxygens (including phenoxy) is 1. The Hall–Kier alpha value is -2.42. The number of benzene rings is 2. The molecule has 0 radical (unpaired) electrons. The van der Waals surface area contributed by atoms with Gasteiger partial charge in [0, 0.05) is 16.5 Å². The van der Waals surface area contributed by atoms with E-state index < -0.39 is 56.9 Å². The molecule has 3 rings (SSSR count). The van der Waals surface area contributed by atoms with Crippen LogP contribution in [0, 0.1) is 17.1 Å². The lowest BCUT2D eigenvalue weighted by Crippen LogP contribution is -2.19. The molecule has 0 saturated carbocycles. The highest BCUT2D eigenvalue weighted by molar-refractivity contribution is 8.00. The molecule has 1 atom stereocenters. The first-order valence-corrected chi connectivity index (χ1v) is 7.88. The maximum atomic E-state index is 14.0. The van der Waals surface area contributed by atoms with Gasteiger partial charge in [-0.1, -0.05) is 0 Å². The fourth-order valence-corrected chi connectivity index (χ4v) is 3.69. The normalized spacial score (nSPS) is 18.1. The molecule has 1 aliphatic rings. The van der Waals surface area contributed by atoms with Gasteiger partial charge in [0.2, 0.25) is 0 Å². The predicted molar refractivity (Wildman–Crippen MR) is 79.9 cm³/mol. The van der Waals surface area contributed by atoms with Gasteiger partial charge in [0.15, 0.2) is 6.10 Å². The monoisotopic (exact) mass is 407 g/mol. The van der Waals surface area contributed by atoms with Crippen molar-refractivity contribution < 1.29 is 41.2 Å². The maximum absolute atomic E-state index is 14.0. The summed E-state index contributed by atoms with van der Waals surface area (Å²) in [5.74, 6) is -1.68. The number of halogens is 6. The summed E-state index contributed by atoms with van der Waals surface area (Å²) in [5, 5.41) is 13.7. The molecule has 2 aromatic rings. The fourth-order valence-electron chi connectivity index (χ4n) is 2.54. The number of nitrogens with zero attached hydrogens (tertiary/aromatic N) is 1. The average molecular weight is 407 g/mol. The van der Waals surface area contributed by atoms with Gasteiger partial charge in [-0.05, 0) is 36.0 Å². The summed E-state index contributed by atoms with van der Waals surface area (Å²) in [4.78, 5) is 2.85. The van der Waals surface area contributed by atoms with E-state index in [0.717, 1.165) is 24.3 Å². The zero-order valence-electron chi connectivity index (χ0n) is 12.9. The highest BCUT2D eigenvalue weighted by Gasteiger charge is 2.55. The van der Waals surface area contributed by atoms with E-state index in [1.807, 2.05) is 0 Å². The minimum atomic E-state index is -4.94. The van der Waals surface area contributed by atoms with Crippen LogP contribution in [-0.2, 0) is 11.1 Å². The molecular weight excluding hydrogens is 400 g/mol. The number of thioether (sulfide) groups is 1. The lowest BCUT2D eigenvalue weighted by molar-refractivity contribution is -0.310. The van der Waals surface area contributed by atoms with Gasteiger partial charge in [0.05, 0.1) is 17.2 Å². The molecule has 27 heavy (non-hydrogen) atoms. The minimum absolute atomic E-state index is 0.150. The van der Waals surface area contributed by atoms with E-state index in [1.165, 1.54) is 0 Å². The predicted octanol–water partition coefficient (Wildman–Crippen LogP) is 5.74. The molecule has 2 aromatic carbocycles. The molecule has 142 valence electrons. The second kappa shape index (κ2) is 6.63. The van der Waals surface area contributed by atoms with Crippen LogP contribution < -0.4 is 4.74 Å². The Morgan fingerprint density at radius 2 is 1.89 bits per heavy atom. The molecule has 1 aliphatic heterocycles. The maximum Gasteiger partial charge on any atom is 0.417 e. The van der Waals surface area contributed by atoms with E-state index in [9.17, 15) is 26.3 Å². The second-order valence-electron chi connectivity index (χ2n) is 5.39. The standard InChI is InChI=1S/C16H7F6NO3S/c17-8-3-7(6-23)4-9(5-8)25-11-2-1-10(15(18,19)20)13-12(11)14(26-24)16(21,22)27-13/h1-5,14,24H. The number of rotatable bonds is 3. The number of nitriles is 1. The Kier molecular flexibility index (Phi) is 4.75. The quantitative estimate of drug-likeness (QED) is 0.400. The lowest BCUT2D eigenvalue weighted by Gasteiger charge is -2.18. The topological polar surface area (TPSA) is 62.5 Å². The van der Waals surface area contributed by atoms with Gasteiger partial charge in [-0.2, -0.15) is 27.2 Å². The third-order valence-corrected chi connectivity index (χ3v) is 4.73. The van der Waals surface area contributed by atoms with Crippen molar-refractivity contribution in [1.29, 1.82) is 5.26 Å². The van der Waals surface area contributed by atoms with Crippen molar-refractivity contribution >= 4 is 11.8 Å². The first-order valence-electron chi connectivity index (χ1n) is 7.06. The van der Waals surface area contributed by atoms with Gasteiger partial charge in [0.25, 0.3) is 0 Å². The van der Waals surface area contributed by atoms with Crippen molar-refractivity contribution in [3.63, 3.8) is 0 Å². The third-order valence-electron chi connectivity index (χ3n) is 3.60. The first kappa shape index (κ1) is 19.3. The molecule has 0 spiro atoms. The smallest absolute Gasteiger partial charge is 0.417 e. The van der Waals surface area contributed by atoms with Gasteiger partial charge in [0.1, 0.15) is 17.3 Å². The van der Waals surface area contributed by atoms with Crippen molar-refractivity contribution in [3.8, 4) is 17.6 Å². The Bertz CT molecular complexity index is 941. The lowest BCUT2D eigenvalue weighted by atomic mass is 10.0. The van der Waals surface area contributed by atoms with E-state index in [1.54, 1.807) is 6.07 Å². The molecule has 1 N–H and O–H groups in total. The summed E-state index contributed by atoms with van der Waals surface area (Å²) in [6.45, 7) is 0. The number of alkyl halides is 5. The van der Waals surface area contributed by atoms with Crippen LogP contribution >= 0.6 is 11.8 Å². The van der Waals surface area contributed by atoms with E-state index in [0.29, 0.717) is 6.07 Å². The van der Waals surface area contributed by atoms with Crippen molar-refractivity contribution in [2.75, 3.05) is 0 Å². The van der Waals surface area contributed by atoms with Crippen LogP contribution in [0.5, 0.6) is 11.5 Å². The second-order valence-corrected chi connectivity index (χ2v) is 6.55. The Morgan fingerprint density at radius 1 is 1.19 bits per heavy atom. The highest BCUT2D eigenvalue weighted by Crippen LogP contribution is 2.61. The molecule has 1 unspecified atom stereocenters. The first-order chi connectivity index (χ1) is 12.6. The number of hydrogen-bond donors (Lipinski definition) is 1. The van der Waals surface area contributed by atoms with Crippen LogP contribution in [0.3, 0.4) is 0 Å². The van der Waals surface area contributed by atoms with E-state index >= 15 is 0 Å². The van der Waals surface area contributed by atoms with Crippen molar-refractivity contribution in [2.24, 2.45) is 0 Å². The Balaban J connectivity index is 2.15. The van der Waals surface area contributed by atoms with Gasteiger partial charge in [-0.25, -0.2) is 9.28 Å². The van der Waals surface area contributed by atoms with Crippen LogP contribution in [-0.4, -0.2) is 10.5 Å². The summed E-state index contributed by atoms with van der Waals surface area (Å²) in [6, 6.07) is 5.71. The molecule has 0 amide bonds. The van der Waals surface area contributed by atoms with Gasteiger partial charge in [-0.15, -0.1) is 0 Å². The van der Waals surface area contributed by atoms with Crippen LogP contribution in [0.15, 0.2) is 35.2 Å². The van der Waals surface area contributed by atoms with Crippen molar-refractivity contribution in [3.05, 3.63) is 52.8 Å². The molecule has 11 heteroatoms. The zero-order valence-corrected chi connectivity index (χ0v) is 13.7.